The molecular weight excluding hydrogens is 484 g/mol. The highest BCUT2D eigenvalue weighted by Crippen LogP contribution is 2.41. The predicted molar refractivity (Wildman–Crippen MR) is 141 cm³/mol. The minimum atomic E-state index is -0.703. The topological polar surface area (TPSA) is 114 Å². The van der Waals surface area contributed by atoms with E-state index in [1.807, 2.05) is 44.2 Å². The molecule has 2 saturated carbocycles. The van der Waals surface area contributed by atoms with Gasteiger partial charge in [0.15, 0.2) is 6.29 Å². The van der Waals surface area contributed by atoms with Gasteiger partial charge in [0.25, 0.3) is 0 Å². The van der Waals surface area contributed by atoms with Crippen LogP contribution < -0.4 is 16.1 Å². The first-order valence-corrected chi connectivity index (χ1v) is 14.1. The molecule has 0 radical (unpaired) electrons. The highest BCUT2D eigenvalue weighted by atomic mass is 16.2. The zero-order valence-corrected chi connectivity index (χ0v) is 22.4. The standard InChI is InChI=1S/C28H40N6O4/c1-18(2)29-25(36)20-13-14-22-23(15-20)34-27(32(26(22)37)16-19-9-5-3-6-10-19)31-33(28(34)38)17-24(35)30-21-11-7-4-8-12-21/h3,5-6,9-10,18,20-23,27,31H,4,7-8,11-17H2,1-2H3,(H,29,36)(H,30,35). The van der Waals surface area contributed by atoms with Gasteiger partial charge >= 0.3 is 6.03 Å². The van der Waals surface area contributed by atoms with Crippen LogP contribution in [-0.2, 0) is 20.9 Å². The minimum absolute atomic E-state index is 0.0170. The number of nitrogens with zero attached hydrogens (tertiary/aromatic N) is 3. The number of urea groups is 1. The smallest absolute Gasteiger partial charge is 0.337 e. The van der Waals surface area contributed by atoms with Crippen molar-refractivity contribution in [1.82, 2.24) is 30.9 Å². The molecule has 4 fully saturated rings. The number of nitrogens with one attached hydrogen (secondary N) is 3. The molecule has 4 unspecified atom stereocenters. The van der Waals surface area contributed by atoms with Crippen LogP contribution in [0.15, 0.2) is 30.3 Å². The summed E-state index contributed by atoms with van der Waals surface area (Å²) in [6, 6.07) is 9.16. The number of amides is 5. The average Bonchev–Trinajstić information content (AvgIpc) is 3.22. The Labute approximate surface area is 224 Å². The molecule has 5 rings (SSSR count). The maximum Gasteiger partial charge on any atom is 0.337 e. The second-order valence-electron chi connectivity index (χ2n) is 11.5. The van der Waals surface area contributed by atoms with Gasteiger partial charge in [-0.05, 0) is 51.5 Å². The predicted octanol–water partition coefficient (Wildman–Crippen LogP) is 2.31. The van der Waals surface area contributed by atoms with Gasteiger partial charge in [-0.15, -0.1) is 0 Å². The van der Waals surface area contributed by atoms with Crippen LogP contribution in [0.1, 0.15) is 70.8 Å². The molecule has 10 heteroatoms. The van der Waals surface area contributed by atoms with E-state index in [1.54, 1.807) is 9.80 Å². The summed E-state index contributed by atoms with van der Waals surface area (Å²) in [7, 11) is 0. The van der Waals surface area contributed by atoms with Gasteiger partial charge in [-0.2, -0.15) is 5.43 Å². The molecule has 0 bridgehead atoms. The molecule has 3 N–H and O–H groups in total. The van der Waals surface area contributed by atoms with Crippen LogP contribution in [0.3, 0.4) is 0 Å². The van der Waals surface area contributed by atoms with E-state index in [-0.39, 0.29) is 54.2 Å². The molecule has 2 saturated heterocycles. The zero-order chi connectivity index (χ0) is 26.8. The number of carbonyl (C=O) groups excluding carboxylic acids is 4. The molecule has 206 valence electrons. The van der Waals surface area contributed by atoms with Crippen LogP contribution in [0.25, 0.3) is 0 Å². The fourth-order valence-electron chi connectivity index (χ4n) is 6.48. The van der Waals surface area contributed by atoms with E-state index in [2.05, 4.69) is 16.1 Å². The van der Waals surface area contributed by atoms with E-state index in [4.69, 9.17) is 0 Å². The van der Waals surface area contributed by atoms with Gasteiger partial charge in [-0.25, -0.2) is 9.80 Å². The monoisotopic (exact) mass is 524 g/mol. The molecule has 0 aromatic heterocycles. The van der Waals surface area contributed by atoms with Gasteiger partial charge in [-0.1, -0.05) is 49.6 Å². The lowest BCUT2D eigenvalue weighted by Crippen LogP contribution is -2.66. The summed E-state index contributed by atoms with van der Waals surface area (Å²) < 4.78 is 0. The number of hydrogen-bond acceptors (Lipinski definition) is 5. The van der Waals surface area contributed by atoms with Crippen LogP contribution >= 0.6 is 0 Å². The number of fused-ring (bicyclic) bond motifs is 3. The fraction of sp³-hybridized carbons (Fsp3) is 0.643. The van der Waals surface area contributed by atoms with Crippen molar-refractivity contribution >= 4 is 23.8 Å². The molecule has 4 atom stereocenters. The Morgan fingerprint density at radius 3 is 2.47 bits per heavy atom. The van der Waals surface area contributed by atoms with Gasteiger partial charge in [0.05, 0.1) is 5.92 Å². The van der Waals surface area contributed by atoms with Crippen molar-refractivity contribution in [3.63, 3.8) is 0 Å². The SMILES string of the molecule is CC(C)NC(=O)C1CCC2C(=O)N(Cc3ccccc3)C3NN(CC(=O)NC4CCCCC4)C(=O)N3C2C1. The number of benzene rings is 1. The Balaban J connectivity index is 1.36. The second kappa shape index (κ2) is 11.3. The van der Waals surface area contributed by atoms with E-state index in [9.17, 15) is 19.2 Å². The normalized spacial score (nSPS) is 27.8. The van der Waals surface area contributed by atoms with Crippen molar-refractivity contribution in [2.75, 3.05) is 6.54 Å². The van der Waals surface area contributed by atoms with E-state index in [1.165, 1.54) is 11.4 Å². The maximum atomic E-state index is 13.8. The maximum absolute atomic E-state index is 13.8. The minimum Gasteiger partial charge on any atom is -0.354 e. The first-order valence-electron chi connectivity index (χ1n) is 14.1. The number of carbonyl (C=O) groups is 4. The van der Waals surface area contributed by atoms with E-state index in [0.717, 1.165) is 31.2 Å². The molecule has 2 heterocycles. The molecule has 2 aliphatic heterocycles. The highest BCUT2D eigenvalue weighted by Gasteiger charge is 2.56. The molecule has 1 aromatic rings. The molecule has 10 nitrogen and oxygen atoms in total. The summed E-state index contributed by atoms with van der Waals surface area (Å²) in [4.78, 5) is 56.7. The largest absolute Gasteiger partial charge is 0.354 e. The Morgan fingerprint density at radius 1 is 1.03 bits per heavy atom. The lowest BCUT2D eigenvalue weighted by Gasteiger charge is -2.49. The molecule has 0 spiro atoms. The third kappa shape index (κ3) is 5.50. The zero-order valence-electron chi connectivity index (χ0n) is 22.4. The van der Waals surface area contributed by atoms with Crippen molar-refractivity contribution in [2.45, 2.75) is 96.2 Å². The quantitative estimate of drug-likeness (QED) is 0.507. The van der Waals surface area contributed by atoms with Gasteiger partial charge in [0.2, 0.25) is 17.7 Å². The van der Waals surface area contributed by atoms with Gasteiger partial charge in [0, 0.05) is 30.6 Å². The summed E-state index contributed by atoms with van der Waals surface area (Å²) in [5.74, 6) is -0.883. The summed E-state index contributed by atoms with van der Waals surface area (Å²) >= 11 is 0. The lowest BCUT2D eigenvalue weighted by molar-refractivity contribution is -0.159. The summed E-state index contributed by atoms with van der Waals surface area (Å²) in [6.45, 7) is 4.08. The van der Waals surface area contributed by atoms with Crippen LogP contribution in [0.5, 0.6) is 0 Å². The molecule has 4 aliphatic rings. The Morgan fingerprint density at radius 2 is 1.76 bits per heavy atom. The third-order valence-electron chi connectivity index (χ3n) is 8.33. The van der Waals surface area contributed by atoms with Crippen molar-refractivity contribution in [1.29, 1.82) is 0 Å². The number of hydrogen-bond donors (Lipinski definition) is 3. The third-order valence-corrected chi connectivity index (χ3v) is 8.33. The lowest BCUT2D eigenvalue weighted by atomic mass is 9.75. The van der Waals surface area contributed by atoms with Crippen molar-refractivity contribution in [3.05, 3.63) is 35.9 Å². The first kappa shape index (κ1) is 26.5. The van der Waals surface area contributed by atoms with Crippen molar-refractivity contribution < 1.29 is 19.2 Å². The van der Waals surface area contributed by atoms with E-state index >= 15 is 0 Å². The van der Waals surface area contributed by atoms with Crippen LogP contribution in [0, 0.1) is 11.8 Å². The second-order valence-corrected chi connectivity index (χ2v) is 11.5. The molecule has 2 aliphatic carbocycles. The van der Waals surface area contributed by atoms with Gasteiger partial charge in [-0.3, -0.25) is 19.3 Å². The summed E-state index contributed by atoms with van der Waals surface area (Å²) in [5, 5.41) is 7.41. The van der Waals surface area contributed by atoms with E-state index in [0.29, 0.717) is 25.8 Å². The van der Waals surface area contributed by atoms with Crippen molar-refractivity contribution in [2.24, 2.45) is 11.8 Å². The molecule has 5 amide bonds. The first-order chi connectivity index (χ1) is 18.3. The Hall–Kier alpha value is -3.14. The van der Waals surface area contributed by atoms with E-state index < -0.39 is 12.3 Å². The van der Waals surface area contributed by atoms with Gasteiger partial charge in [0.1, 0.15) is 6.54 Å². The fourth-order valence-corrected chi connectivity index (χ4v) is 6.48. The molecular formula is C28H40N6O4. The summed E-state index contributed by atoms with van der Waals surface area (Å²) in [5.41, 5.74) is 4.14. The Bertz CT molecular complexity index is 1040. The highest BCUT2D eigenvalue weighted by molar-refractivity contribution is 5.89. The molecule has 1 aromatic carbocycles. The number of hydrazine groups is 1. The average molecular weight is 525 g/mol. The molecule has 38 heavy (non-hydrogen) atoms. The Kier molecular flexibility index (Phi) is 7.88. The van der Waals surface area contributed by atoms with Crippen LogP contribution in [0.4, 0.5) is 4.79 Å². The van der Waals surface area contributed by atoms with Crippen LogP contribution in [0.2, 0.25) is 0 Å². The van der Waals surface area contributed by atoms with Crippen molar-refractivity contribution in [3.8, 4) is 0 Å². The van der Waals surface area contributed by atoms with Gasteiger partial charge < -0.3 is 15.5 Å². The number of rotatable bonds is 7. The summed E-state index contributed by atoms with van der Waals surface area (Å²) in [6.07, 6.45) is 6.21. The van der Waals surface area contributed by atoms with Crippen LogP contribution in [-0.4, -0.2) is 69.5 Å².